The van der Waals surface area contributed by atoms with Crippen LogP contribution in [0.5, 0.6) is 5.88 Å². The summed E-state index contributed by atoms with van der Waals surface area (Å²) in [5, 5.41) is 0. The number of halogens is 3. The third kappa shape index (κ3) is 4.97. The van der Waals surface area contributed by atoms with Gasteiger partial charge in [0.25, 0.3) is 0 Å². The standard InChI is InChI=1S/C31H27F3N8O2/c1-17(2)41-15-23(31(32,33)34)39-27(41)20-8-6-18(7-9-20)14-42-28-21(38-29(42)22-5-4-12-44-22)13-35-26(40-28)24-25(19-10-11-19)36-16-37-30(24)43-3/h4-9,12-13,15-17,19H,10-11,14H2,1-3H3. The maximum atomic E-state index is 13.4. The van der Waals surface area contributed by atoms with E-state index in [-0.39, 0.29) is 11.9 Å². The van der Waals surface area contributed by atoms with E-state index in [2.05, 4.69) is 19.9 Å². The highest BCUT2D eigenvalue weighted by atomic mass is 19.4. The highest BCUT2D eigenvalue weighted by Crippen LogP contribution is 2.45. The summed E-state index contributed by atoms with van der Waals surface area (Å²) in [5.74, 6) is 2.51. The first-order chi connectivity index (χ1) is 21.2. The fourth-order valence-corrected chi connectivity index (χ4v) is 5.28. The smallest absolute Gasteiger partial charge is 0.434 e. The maximum Gasteiger partial charge on any atom is 0.434 e. The Morgan fingerprint density at radius 3 is 2.45 bits per heavy atom. The van der Waals surface area contributed by atoms with Crippen molar-refractivity contribution in [2.75, 3.05) is 7.11 Å². The molecule has 0 bridgehead atoms. The van der Waals surface area contributed by atoms with Crippen molar-refractivity contribution in [1.82, 2.24) is 39.0 Å². The van der Waals surface area contributed by atoms with E-state index in [1.165, 1.54) is 10.9 Å². The highest BCUT2D eigenvalue weighted by Gasteiger charge is 2.35. The second kappa shape index (κ2) is 10.6. The van der Waals surface area contributed by atoms with Gasteiger partial charge >= 0.3 is 6.18 Å². The minimum absolute atomic E-state index is 0.204. The Bertz CT molecular complexity index is 1960. The Morgan fingerprint density at radius 2 is 1.80 bits per heavy atom. The largest absolute Gasteiger partial charge is 0.480 e. The third-order valence-electron chi connectivity index (χ3n) is 7.58. The average molecular weight is 601 g/mol. The lowest BCUT2D eigenvalue weighted by Crippen LogP contribution is -2.06. The Morgan fingerprint density at radius 1 is 1.00 bits per heavy atom. The van der Waals surface area contributed by atoms with Crippen molar-refractivity contribution in [2.24, 2.45) is 0 Å². The van der Waals surface area contributed by atoms with Gasteiger partial charge in [0.05, 0.1) is 31.8 Å². The van der Waals surface area contributed by atoms with E-state index in [0.29, 0.717) is 58.0 Å². The van der Waals surface area contributed by atoms with Crippen molar-refractivity contribution < 1.29 is 22.3 Å². The molecule has 5 heterocycles. The number of ether oxygens (including phenoxy) is 1. The van der Waals surface area contributed by atoms with Gasteiger partial charge in [-0.3, -0.25) is 0 Å². The summed E-state index contributed by atoms with van der Waals surface area (Å²) < 4.78 is 55.1. The van der Waals surface area contributed by atoms with E-state index in [1.54, 1.807) is 37.8 Å². The molecule has 1 aliphatic rings. The number of furan rings is 1. The molecule has 10 nitrogen and oxygen atoms in total. The summed E-state index contributed by atoms with van der Waals surface area (Å²) in [5.41, 5.74) is 3.20. The van der Waals surface area contributed by atoms with Gasteiger partial charge in [-0.05, 0) is 44.4 Å². The Balaban J connectivity index is 1.30. The number of imidazole rings is 2. The molecule has 13 heteroatoms. The summed E-state index contributed by atoms with van der Waals surface area (Å²) in [6.07, 6.45) is 3.31. The topological polar surface area (TPSA) is 110 Å². The van der Waals surface area contributed by atoms with Crippen molar-refractivity contribution >= 4 is 11.2 Å². The van der Waals surface area contributed by atoms with Crippen LogP contribution in [0.2, 0.25) is 0 Å². The van der Waals surface area contributed by atoms with Crippen molar-refractivity contribution in [3.63, 3.8) is 0 Å². The predicted molar refractivity (Wildman–Crippen MR) is 155 cm³/mol. The molecule has 7 rings (SSSR count). The van der Waals surface area contributed by atoms with E-state index in [9.17, 15) is 13.2 Å². The average Bonchev–Trinajstić information content (AvgIpc) is 3.38. The number of hydrogen-bond acceptors (Lipinski definition) is 8. The van der Waals surface area contributed by atoms with Gasteiger partial charge in [0.15, 0.2) is 28.8 Å². The van der Waals surface area contributed by atoms with Crippen LogP contribution in [0.4, 0.5) is 13.2 Å². The van der Waals surface area contributed by atoms with E-state index in [1.807, 2.05) is 36.6 Å². The molecule has 0 unspecified atom stereocenters. The maximum absolute atomic E-state index is 13.4. The highest BCUT2D eigenvalue weighted by molar-refractivity contribution is 5.79. The molecular formula is C31H27F3N8O2. The summed E-state index contributed by atoms with van der Waals surface area (Å²) in [6.45, 7) is 4.00. The third-order valence-corrected chi connectivity index (χ3v) is 7.58. The van der Waals surface area contributed by atoms with Crippen molar-refractivity contribution in [3.05, 3.63) is 78.3 Å². The monoisotopic (exact) mass is 600 g/mol. The van der Waals surface area contributed by atoms with E-state index in [0.717, 1.165) is 30.3 Å². The van der Waals surface area contributed by atoms with Crippen molar-refractivity contribution in [1.29, 1.82) is 0 Å². The normalized spacial score (nSPS) is 13.7. The summed E-state index contributed by atoms with van der Waals surface area (Å²) >= 11 is 0. The van der Waals surface area contributed by atoms with Crippen LogP contribution in [0.15, 0.2) is 65.8 Å². The van der Waals surface area contributed by atoms with Crippen LogP contribution in [0, 0.1) is 0 Å². The molecule has 1 aliphatic carbocycles. The molecule has 0 aliphatic heterocycles. The van der Waals surface area contributed by atoms with Crippen molar-refractivity contribution in [2.45, 2.75) is 51.4 Å². The van der Waals surface area contributed by atoms with Crippen LogP contribution < -0.4 is 4.74 Å². The predicted octanol–water partition coefficient (Wildman–Crippen LogP) is 6.94. The molecule has 6 aromatic rings. The van der Waals surface area contributed by atoms with Gasteiger partial charge in [0, 0.05) is 23.7 Å². The zero-order valence-electron chi connectivity index (χ0n) is 24.1. The van der Waals surface area contributed by atoms with Crippen LogP contribution in [0.3, 0.4) is 0 Å². The molecule has 0 amide bonds. The molecule has 1 aromatic carbocycles. The van der Waals surface area contributed by atoms with Gasteiger partial charge in [-0.1, -0.05) is 24.3 Å². The number of alkyl halides is 3. The van der Waals surface area contributed by atoms with Crippen LogP contribution in [-0.2, 0) is 12.7 Å². The minimum atomic E-state index is -4.53. The van der Waals surface area contributed by atoms with Gasteiger partial charge in [-0.25, -0.2) is 29.9 Å². The Kier molecular flexibility index (Phi) is 6.67. The first-order valence-corrected chi connectivity index (χ1v) is 14.1. The zero-order chi connectivity index (χ0) is 30.6. The summed E-state index contributed by atoms with van der Waals surface area (Å²) in [7, 11) is 1.56. The van der Waals surface area contributed by atoms with Gasteiger partial charge in [-0.2, -0.15) is 13.2 Å². The second-order valence-electron chi connectivity index (χ2n) is 11.0. The lowest BCUT2D eigenvalue weighted by molar-refractivity contribution is -0.140. The fraction of sp³-hybridized carbons (Fsp3) is 0.290. The van der Waals surface area contributed by atoms with Gasteiger partial charge < -0.3 is 18.3 Å². The first-order valence-electron chi connectivity index (χ1n) is 14.1. The van der Waals surface area contributed by atoms with Crippen LogP contribution >= 0.6 is 0 Å². The number of aromatic nitrogens is 8. The molecule has 0 spiro atoms. The quantitative estimate of drug-likeness (QED) is 0.185. The lowest BCUT2D eigenvalue weighted by Gasteiger charge is -2.13. The molecule has 0 N–H and O–H groups in total. The Hall–Kier alpha value is -5.07. The summed E-state index contributed by atoms with van der Waals surface area (Å²) in [4.78, 5) is 27.1. The number of fused-ring (bicyclic) bond motifs is 1. The van der Waals surface area contributed by atoms with E-state index in [4.69, 9.17) is 19.1 Å². The number of nitrogens with zero attached hydrogens (tertiary/aromatic N) is 8. The van der Waals surface area contributed by atoms with Crippen LogP contribution in [0.1, 0.15) is 55.6 Å². The van der Waals surface area contributed by atoms with Crippen LogP contribution in [0.25, 0.3) is 45.5 Å². The van der Waals surface area contributed by atoms with Gasteiger partial charge in [0.2, 0.25) is 5.88 Å². The Labute approximate surface area is 249 Å². The van der Waals surface area contributed by atoms with Crippen molar-refractivity contribution in [3.8, 4) is 40.2 Å². The zero-order valence-corrected chi connectivity index (χ0v) is 24.1. The molecule has 5 aromatic heterocycles. The van der Waals surface area contributed by atoms with E-state index < -0.39 is 11.9 Å². The molecule has 1 saturated carbocycles. The molecule has 224 valence electrons. The number of hydrogen-bond donors (Lipinski definition) is 0. The number of benzene rings is 1. The van der Waals surface area contributed by atoms with Gasteiger partial charge in [0.1, 0.15) is 23.2 Å². The number of rotatable bonds is 8. The lowest BCUT2D eigenvalue weighted by atomic mass is 10.1. The summed E-state index contributed by atoms with van der Waals surface area (Å²) in [6, 6.07) is 10.7. The number of methoxy groups -OCH3 is 1. The molecule has 1 fully saturated rings. The molecule has 44 heavy (non-hydrogen) atoms. The van der Waals surface area contributed by atoms with E-state index >= 15 is 0 Å². The van der Waals surface area contributed by atoms with Gasteiger partial charge in [-0.15, -0.1) is 0 Å². The second-order valence-corrected chi connectivity index (χ2v) is 11.0. The minimum Gasteiger partial charge on any atom is -0.480 e. The SMILES string of the molecule is COc1ncnc(C2CC2)c1-c1ncc2nc(-c3ccco3)n(Cc3ccc(-c4nc(C(F)(F)F)cn4C(C)C)cc3)c2n1. The molecule has 0 saturated heterocycles. The fourth-order valence-electron chi connectivity index (χ4n) is 5.28. The molecule has 0 atom stereocenters. The van der Waals surface area contributed by atoms with Crippen LogP contribution in [-0.4, -0.2) is 46.1 Å². The first kappa shape index (κ1) is 27.7. The molecule has 0 radical (unpaired) electrons. The molecular weight excluding hydrogens is 573 g/mol.